The van der Waals surface area contributed by atoms with Crippen molar-refractivity contribution in [2.45, 2.75) is 19.4 Å². The molecule has 2 aromatic rings. The van der Waals surface area contributed by atoms with E-state index in [-0.39, 0.29) is 5.56 Å². The molecule has 2 rings (SSSR count). The van der Waals surface area contributed by atoms with Crippen molar-refractivity contribution < 1.29 is 8.78 Å². The predicted molar refractivity (Wildman–Crippen MR) is 71.3 cm³/mol. The SMILES string of the molecule is CCc1ccccc1C(NN)c1cc(F)ccc1F. The average molecular weight is 262 g/mol. The molecule has 0 radical (unpaired) electrons. The van der Waals surface area contributed by atoms with Gasteiger partial charge in [0, 0.05) is 5.56 Å². The molecule has 0 spiro atoms. The van der Waals surface area contributed by atoms with Crippen molar-refractivity contribution in [2.24, 2.45) is 5.84 Å². The Hall–Kier alpha value is -1.78. The molecule has 0 fully saturated rings. The molecule has 0 heterocycles. The van der Waals surface area contributed by atoms with Crippen LogP contribution in [0.1, 0.15) is 29.7 Å². The van der Waals surface area contributed by atoms with Crippen LogP contribution < -0.4 is 11.3 Å². The Labute approximate surface area is 111 Å². The maximum absolute atomic E-state index is 13.9. The highest BCUT2D eigenvalue weighted by molar-refractivity contribution is 5.38. The Morgan fingerprint density at radius 3 is 2.53 bits per heavy atom. The zero-order valence-corrected chi connectivity index (χ0v) is 10.7. The van der Waals surface area contributed by atoms with Gasteiger partial charge >= 0.3 is 0 Å². The Morgan fingerprint density at radius 2 is 1.84 bits per heavy atom. The Kier molecular flexibility index (Phi) is 4.24. The molecular formula is C15H16F2N2. The van der Waals surface area contributed by atoms with Gasteiger partial charge in [-0.25, -0.2) is 14.2 Å². The molecule has 0 saturated heterocycles. The lowest BCUT2D eigenvalue weighted by Gasteiger charge is -2.20. The summed E-state index contributed by atoms with van der Waals surface area (Å²) >= 11 is 0. The molecule has 0 aliphatic carbocycles. The highest BCUT2D eigenvalue weighted by Gasteiger charge is 2.19. The second-order valence-corrected chi connectivity index (χ2v) is 4.32. The van der Waals surface area contributed by atoms with Crippen LogP contribution in [0.2, 0.25) is 0 Å². The van der Waals surface area contributed by atoms with Gasteiger partial charge in [-0.1, -0.05) is 31.2 Å². The number of nitrogens with one attached hydrogen (secondary N) is 1. The summed E-state index contributed by atoms with van der Waals surface area (Å²) in [6, 6.07) is 10.4. The lowest BCUT2D eigenvalue weighted by atomic mass is 9.93. The number of hydrogen-bond acceptors (Lipinski definition) is 2. The summed E-state index contributed by atoms with van der Waals surface area (Å²) in [5.41, 5.74) is 4.69. The third-order valence-electron chi connectivity index (χ3n) is 3.18. The van der Waals surface area contributed by atoms with Gasteiger partial charge in [0.1, 0.15) is 11.6 Å². The zero-order valence-electron chi connectivity index (χ0n) is 10.7. The van der Waals surface area contributed by atoms with Gasteiger partial charge in [0.15, 0.2) is 0 Å². The first kappa shape index (κ1) is 13.6. The number of aryl methyl sites for hydroxylation is 1. The molecule has 0 aromatic heterocycles. The quantitative estimate of drug-likeness (QED) is 0.656. The minimum Gasteiger partial charge on any atom is -0.271 e. The topological polar surface area (TPSA) is 38.0 Å². The molecule has 3 N–H and O–H groups in total. The second kappa shape index (κ2) is 5.91. The molecule has 2 nitrogen and oxygen atoms in total. The minimum atomic E-state index is -0.563. The number of hydrazine groups is 1. The van der Waals surface area contributed by atoms with E-state index in [4.69, 9.17) is 5.84 Å². The van der Waals surface area contributed by atoms with Crippen LogP contribution in [0.5, 0.6) is 0 Å². The van der Waals surface area contributed by atoms with Crippen LogP contribution in [-0.4, -0.2) is 0 Å². The third-order valence-corrected chi connectivity index (χ3v) is 3.18. The maximum atomic E-state index is 13.9. The molecule has 1 atom stereocenters. The van der Waals surface area contributed by atoms with Gasteiger partial charge in [0.05, 0.1) is 6.04 Å². The summed E-state index contributed by atoms with van der Waals surface area (Å²) in [4.78, 5) is 0. The van der Waals surface area contributed by atoms with Crippen molar-refractivity contribution in [3.63, 3.8) is 0 Å². The fourth-order valence-corrected chi connectivity index (χ4v) is 2.22. The molecule has 0 saturated carbocycles. The third kappa shape index (κ3) is 2.80. The number of halogens is 2. The van der Waals surface area contributed by atoms with E-state index in [0.717, 1.165) is 29.7 Å². The first-order valence-corrected chi connectivity index (χ1v) is 6.16. The summed E-state index contributed by atoms with van der Waals surface area (Å²) in [6.45, 7) is 2.01. The largest absolute Gasteiger partial charge is 0.271 e. The number of benzene rings is 2. The fraction of sp³-hybridized carbons (Fsp3) is 0.200. The molecule has 0 bridgehead atoms. The van der Waals surface area contributed by atoms with E-state index in [9.17, 15) is 8.78 Å². The van der Waals surface area contributed by atoms with E-state index in [1.165, 1.54) is 6.07 Å². The highest BCUT2D eigenvalue weighted by Crippen LogP contribution is 2.27. The van der Waals surface area contributed by atoms with Crippen LogP contribution in [-0.2, 0) is 6.42 Å². The van der Waals surface area contributed by atoms with Crippen LogP contribution in [0.3, 0.4) is 0 Å². The van der Waals surface area contributed by atoms with Crippen LogP contribution in [0.15, 0.2) is 42.5 Å². The molecule has 0 aliphatic heterocycles. The van der Waals surface area contributed by atoms with Crippen LogP contribution in [0.4, 0.5) is 8.78 Å². The van der Waals surface area contributed by atoms with Crippen molar-refractivity contribution in [2.75, 3.05) is 0 Å². The van der Waals surface area contributed by atoms with Crippen molar-refractivity contribution >= 4 is 0 Å². The van der Waals surface area contributed by atoms with E-state index in [0.29, 0.717) is 0 Å². The maximum Gasteiger partial charge on any atom is 0.128 e. The van der Waals surface area contributed by atoms with Gasteiger partial charge < -0.3 is 0 Å². The van der Waals surface area contributed by atoms with E-state index >= 15 is 0 Å². The van der Waals surface area contributed by atoms with Crippen molar-refractivity contribution in [3.05, 3.63) is 70.8 Å². The summed E-state index contributed by atoms with van der Waals surface area (Å²) in [7, 11) is 0. The van der Waals surface area contributed by atoms with Crippen molar-refractivity contribution in [3.8, 4) is 0 Å². The molecule has 100 valence electrons. The molecule has 19 heavy (non-hydrogen) atoms. The smallest absolute Gasteiger partial charge is 0.128 e. The molecule has 1 unspecified atom stereocenters. The Balaban J connectivity index is 2.53. The molecule has 2 aromatic carbocycles. The predicted octanol–water partition coefficient (Wildman–Crippen LogP) is 3.08. The van der Waals surface area contributed by atoms with Crippen LogP contribution in [0, 0.1) is 11.6 Å². The van der Waals surface area contributed by atoms with E-state index in [2.05, 4.69) is 5.43 Å². The van der Waals surface area contributed by atoms with Crippen molar-refractivity contribution in [1.82, 2.24) is 5.43 Å². The Morgan fingerprint density at radius 1 is 1.11 bits per heavy atom. The molecule has 0 amide bonds. The van der Waals surface area contributed by atoms with Gasteiger partial charge in [0.2, 0.25) is 0 Å². The normalized spacial score (nSPS) is 12.4. The van der Waals surface area contributed by atoms with Crippen molar-refractivity contribution in [1.29, 1.82) is 0 Å². The lowest BCUT2D eigenvalue weighted by Crippen LogP contribution is -2.30. The van der Waals surface area contributed by atoms with Gasteiger partial charge in [-0.3, -0.25) is 5.84 Å². The monoisotopic (exact) mass is 262 g/mol. The summed E-state index contributed by atoms with van der Waals surface area (Å²) in [5, 5.41) is 0. The first-order chi connectivity index (χ1) is 9.17. The number of rotatable bonds is 4. The van der Waals surface area contributed by atoms with Gasteiger partial charge in [0.25, 0.3) is 0 Å². The molecule has 0 aliphatic rings. The Bertz CT molecular complexity index is 570. The molecular weight excluding hydrogens is 246 g/mol. The second-order valence-electron chi connectivity index (χ2n) is 4.32. The van der Waals surface area contributed by atoms with Gasteiger partial charge in [-0.2, -0.15) is 0 Å². The van der Waals surface area contributed by atoms with E-state index < -0.39 is 17.7 Å². The summed E-state index contributed by atoms with van der Waals surface area (Å²) < 4.78 is 27.2. The van der Waals surface area contributed by atoms with Crippen LogP contribution in [0.25, 0.3) is 0 Å². The zero-order chi connectivity index (χ0) is 13.8. The van der Waals surface area contributed by atoms with Gasteiger partial charge in [-0.15, -0.1) is 0 Å². The number of hydrogen-bond donors (Lipinski definition) is 2. The molecule has 4 heteroatoms. The first-order valence-electron chi connectivity index (χ1n) is 6.16. The standard InChI is InChI=1S/C15H16F2N2/c1-2-10-5-3-4-6-12(10)15(19-18)13-9-11(16)7-8-14(13)17/h3-9,15,19H,2,18H2,1H3. The van der Waals surface area contributed by atoms with Crippen LogP contribution >= 0.6 is 0 Å². The summed E-state index contributed by atoms with van der Waals surface area (Å²) in [5.74, 6) is 4.58. The summed E-state index contributed by atoms with van der Waals surface area (Å²) in [6.07, 6.45) is 0.797. The number of nitrogens with two attached hydrogens (primary N) is 1. The lowest BCUT2D eigenvalue weighted by molar-refractivity contribution is 0.544. The fourth-order valence-electron chi connectivity index (χ4n) is 2.22. The van der Waals surface area contributed by atoms with Gasteiger partial charge in [-0.05, 0) is 35.7 Å². The highest BCUT2D eigenvalue weighted by atomic mass is 19.1. The van der Waals surface area contributed by atoms with E-state index in [1.807, 2.05) is 31.2 Å². The minimum absolute atomic E-state index is 0.211. The average Bonchev–Trinajstić information content (AvgIpc) is 2.44. The van der Waals surface area contributed by atoms with E-state index in [1.54, 1.807) is 0 Å².